The van der Waals surface area contributed by atoms with Crippen LogP contribution in [-0.2, 0) is 11.2 Å². The van der Waals surface area contributed by atoms with E-state index in [0.29, 0.717) is 35.8 Å². The lowest BCUT2D eigenvalue weighted by Crippen LogP contribution is -2.12. The smallest absolute Gasteiger partial charge is 0.347 e. The van der Waals surface area contributed by atoms with Crippen molar-refractivity contribution in [3.8, 4) is 11.5 Å². The van der Waals surface area contributed by atoms with E-state index < -0.39 is 11.9 Å². The molecule has 0 radical (unpaired) electrons. The monoisotopic (exact) mass is 418 g/mol. The van der Waals surface area contributed by atoms with Gasteiger partial charge in [-0.2, -0.15) is 0 Å². The van der Waals surface area contributed by atoms with Gasteiger partial charge in [-0.1, -0.05) is 56.3 Å². The van der Waals surface area contributed by atoms with Gasteiger partial charge in [-0.3, -0.25) is 0 Å². The summed E-state index contributed by atoms with van der Waals surface area (Å²) in [6, 6.07) is 23.3. The minimum atomic E-state index is -0.523. The number of hydrogen-bond donors (Lipinski definition) is 0. The van der Waals surface area contributed by atoms with Crippen LogP contribution in [0.25, 0.3) is 0 Å². The van der Waals surface area contributed by atoms with Gasteiger partial charge >= 0.3 is 11.9 Å². The highest BCUT2D eigenvalue weighted by atomic mass is 16.5. The summed E-state index contributed by atoms with van der Waals surface area (Å²) >= 11 is 0. The first-order chi connectivity index (χ1) is 15.0. The molecule has 0 N–H and O–H groups in total. The number of esters is 2. The molecule has 3 aromatic rings. The van der Waals surface area contributed by atoms with E-state index in [9.17, 15) is 9.59 Å². The Kier molecular flexibility index (Phi) is 7.82. The van der Waals surface area contributed by atoms with Crippen molar-refractivity contribution in [2.24, 2.45) is 5.92 Å². The third kappa shape index (κ3) is 6.71. The lowest BCUT2D eigenvalue weighted by Gasteiger charge is -2.11. The Bertz CT molecular complexity index is 994. The Morgan fingerprint density at radius 2 is 1.48 bits per heavy atom. The minimum absolute atomic E-state index is 0.263. The third-order valence-corrected chi connectivity index (χ3v) is 4.45. The Labute approximate surface area is 182 Å². The second-order valence-corrected chi connectivity index (χ2v) is 7.49. The van der Waals surface area contributed by atoms with E-state index in [0.717, 1.165) is 12.0 Å². The molecule has 0 spiro atoms. The van der Waals surface area contributed by atoms with E-state index in [-0.39, 0.29) is 5.92 Å². The zero-order valence-corrected chi connectivity index (χ0v) is 17.7. The minimum Gasteiger partial charge on any atom is -0.492 e. The summed E-state index contributed by atoms with van der Waals surface area (Å²) in [6.45, 7) is 4.75. The maximum Gasteiger partial charge on any atom is 0.347 e. The van der Waals surface area contributed by atoms with Crippen LogP contribution in [0.15, 0.2) is 78.9 Å². The van der Waals surface area contributed by atoms with E-state index in [1.54, 1.807) is 42.5 Å². The first-order valence-electron chi connectivity index (χ1n) is 10.3. The summed E-state index contributed by atoms with van der Waals surface area (Å²) in [5.41, 5.74) is 1.91. The number of benzene rings is 3. The fraction of sp³-hybridized carbons (Fsp3) is 0.231. The number of para-hydroxylation sites is 1. The number of carbonyl (C=O) groups excluding carboxylic acids is 2. The van der Waals surface area contributed by atoms with Crippen LogP contribution in [0, 0.1) is 5.92 Å². The standard InChI is InChI=1S/C26H26O5/c1-19(2)18-30-25(27)21-12-14-22(15-13-21)31-26(28)23-10-6-7-11-24(23)29-17-16-20-8-4-3-5-9-20/h3-15,19H,16-18H2,1-2H3. The van der Waals surface area contributed by atoms with Gasteiger partial charge in [0.05, 0.1) is 18.8 Å². The van der Waals surface area contributed by atoms with Gasteiger partial charge in [0.15, 0.2) is 0 Å². The predicted molar refractivity (Wildman–Crippen MR) is 119 cm³/mol. The molecule has 31 heavy (non-hydrogen) atoms. The van der Waals surface area contributed by atoms with Gasteiger partial charge in [-0.05, 0) is 47.9 Å². The summed E-state index contributed by atoms with van der Waals surface area (Å²) in [6.07, 6.45) is 0.735. The molecule has 160 valence electrons. The number of hydrogen-bond acceptors (Lipinski definition) is 5. The zero-order valence-electron chi connectivity index (χ0n) is 17.7. The number of ether oxygens (including phenoxy) is 3. The molecular weight excluding hydrogens is 392 g/mol. The average molecular weight is 418 g/mol. The molecule has 0 atom stereocenters. The molecule has 0 aromatic heterocycles. The Hall–Kier alpha value is -3.60. The Morgan fingerprint density at radius 3 is 2.19 bits per heavy atom. The van der Waals surface area contributed by atoms with Gasteiger partial charge in [0.2, 0.25) is 0 Å². The highest BCUT2D eigenvalue weighted by Gasteiger charge is 2.15. The van der Waals surface area contributed by atoms with Crippen molar-refractivity contribution >= 4 is 11.9 Å². The van der Waals surface area contributed by atoms with E-state index >= 15 is 0 Å². The second kappa shape index (κ2) is 11.0. The molecule has 0 saturated heterocycles. The topological polar surface area (TPSA) is 61.8 Å². The summed E-state index contributed by atoms with van der Waals surface area (Å²) in [7, 11) is 0. The van der Waals surface area contributed by atoms with E-state index in [2.05, 4.69) is 0 Å². The molecule has 0 aliphatic carbocycles. The van der Waals surface area contributed by atoms with Crippen molar-refractivity contribution < 1.29 is 23.8 Å². The molecule has 0 aliphatic heterocycles. The van der Waals surface area contributed by atoms with E-state index in [1.165, 1.54) is 0 Å². The van der Waals surface area contributed by atoms with Gasteiger partial charge in [0.1, 0.15) is 17.1 Å². The van der Waals surface area contributed by atoms with E-state index in [1.807, 2.05) is 50.2 Å². The van der Waals surface area contributed by atoms with Crippen molar-refractivity contribution in [1.82, 2.24) is 0 Å². The van der Waals surface area contributed by atoms with E-state index in [4.69, 9.17) is 14.2 Å². The Morgan fingerprint density at radius 1 is 0.806 bits per heavy atom. The quantitative estimate of drug-likeness (QED) is 0.347. The van der Waals surface area contributed by atoms with Crippen molar-refractivity contribution in [3.05, 3.63) is 95.6 Å². The molecule has 0 amide bonds. The SMILES string of the molecule is CC(C)COC(=O)c1ccc(OC(=O)c2ccccc2OCCc2ccccc2)cc1. The zero-order chi connectivity index (χ0) is 22.1. The van der Waals surface area contributed by atoms with Gasteiger partial charge in [-0.25, -0.2) is 9.59 Å². The van der Waals surface area contributed by atoms with Crippen LogP contribution in [0.2, 0.25) is 0 Å². The highest BCUT2D eigenvalue weighted by molar-refractivity contribution is 5.94. The second-order valence-electron chi connectivity index (χ2n) is 7.49. The largest absolute Gasteiger partial charge is 0.492 e. The number of carbonyl (C=O) groups is 2. The van der Waals surface area contributed by atoms with Gasteiger partial charge in [0, 0.05) is 6.42 Å². The van der Waals surface area contributed by atoms with Crippen molar-refractivity contribution in [3.63, 3.8) is 0 Å². The summed E-state index contributed by atoms with van der Waals surface area (Å²) in [5, 5.41) is 0. The summed E-state index contributed by atoms with van der Waals surface area (Å²) < 4.78 is 16.5. The lowest BCUT2D eigenvalue weighted by molar-refractivity contribution is 0.0459. The molecule has 0 aliphatic rings. The fourth-order valence-corrected chi connectivity index (χ4v) is 2.83. The van der Waals surface area contributed by atoms with Crippen LogP contribution in [0.4, 0.5) is 0 Å². The summed E-state index contributed by atoms with van der Waals surface area (Å²) in [4.78, 5) is 24.7. The van der Waals surface area contributed by atoms with Crippen LogP contribution in [-0.4, -0.2) is 25.2 Å². The number of rotatable bonds is 9. The fourth-order valence-electron chi connectivity index (χ4n) is 2.83. The van der Waals surface area contributed by atoms with Crippen LogP contribution >= 0.6 is 0 Å². The summed E-state index contributed by atoms with van der Waals surface area (Å²) in [5.74, 6) is 0.148. The molecule has 3 aromatic carbocycles. The molecule has 0 fully saturated rings. The molecule has 5 heteroatoms. The van der Waals surface area contributed by atoms with Gasteiger partial charge in [0.25, 0.3) is 0 Å². The highest BCUT2D eigenvalue weighted by Crippen LogP contribution is 2.22. The maximum absolute atomic E-state index is 12.7. The van der Waals surface area contributed by atoms with Gasteiger partial charge in [-0.15, -0.1) is 0 Å². The van der Waals surface area contributed by atoms with Crippen molar-refractivity contribution in [2.75, 3.05) is 13.2 Å². The van der Waals surface area contributed by atoms with Crippen LogP contribution in [0.5, 0.6) is 11.5 Å². The molecule has 0 unspecified atom stereocenters. The maximum atomic E-state index is 12.7. The normalized spacial score (nSPS) is 10.5. The molecule has 5 nitrogen and oxygen atoms in total. The van der Waals surface area contributed by atoms with Crippen LogP contribution in [0.3, 0.4) is 0 Å². The molecule has 3 rings (SSSR count). The first kappa shape index (κ1) is 22.1. The molecule has 0 saturated carbocycles. The first-order valence-corrected chi connectivity index (χ1v) is 10.3. The van der Waals surface area contributed by atoms with Crippen molar-refractivity contribution in [2.45, 2.75) is 20.3 Å². The lowest BCUT2D eigenvalue weighted by atomic mass is 10.1. The predicted octanol–water partition coefficient (Wildman–Crippen LogP) is 5.34. The molecule has 0 heterocycles. The third-order valence-electron chi connectivity index (χ3n) is 4.45. The average Bonchev–Trinajstić information content (AvgIpc) is 2.79. The Balaban J connectivity index is 1.59. The van der Waals surface area contributed by atoms with Crippen molar-refractivity contribution in [1.29, 1.82) is 0 Å². The molecule has 0 bridgehead atoms. The van der Waals surface area contributed by atoms with Gasteiger partial charge < -0.3 is 14.2 Å². The molecular formula is C26H26O5. The van der Waals surface area contributed by atoms with Crippen LogP contribution in [0.1, 0.15) is 40.1 Å². The van der Waals surface area contributed by atoms with Crippen LogP contribution < -0.4 is 9.47 Å².